The third-order valence-electron chi connectivity index (χ3n) is 1.71. The predicted molar refractivity (Wildman–Crippen MR) is 47.9 cm³/mol. The quantitative estimate of drug-likeness (QED) is 0.794. The van der Waals surface area contributed by atoms with E-state index in [9.17, 15) is 22.4 Å². The zero-order chi connectivity index (χ0) is 12.3. The first-order valence-corrected chi connectivity index (χ1v) is 4.13. The number of rotatable bonds is 3. The molecule has 0 aromatic heterocycles. The first-order chi connectivity index (χ1) is 7.31. The Morgan fingerprint density at radius 2 is 2.00 bits per heavy atom. The molecule has 0 fully saturated rings. The average Bonchev–Trinajstić information content (AvgIpc) is 2.13. The number of alkyl halides is 3. The molecule has 88 valence electrons. The van der Waals surface area contributed by atoms with Crippen molar-refractivity contribution >= 4 is 11.7 Å². The lowest BCUT2D eigenvalue weighted by molar-refractivity contribution is -0.115. The summed E-state index contributed by atoms with van der Waals surface area (Å²) in [5.74, 6) is -2.53. The van der Waals surface area contributed by atoms with Gasteiger partial charge in [0, 0.05) is 0 Å². The van der Waals surface area contributed by atoms with Crippen LogP contribution in [0, 0.1) is 5.82 Å². The molecule has 0 saturated carbocycles. The van der Waals surface area contributed by atoms with E-state index < -0.39 is 35.8 Å². The van der Waals surface area contributed by atoms with Crippen molar-refractivity contribution in [1.29, 1.82) is 0 Å². The molecular weight excluding hydrogens is 230 g/mol. The maximum Gasteiger partial charge on any atom is 0.405 e. The molecule has 1 aromatic carbocycles. The van der Waals surface area contributed by atoms with Gasteiger partial charge in [-0.25, -0.2) is 9.18 Å². The van der Waals surface area contributed by atoms with Gasteiger partial charge in [0.25, 0.3) is 0 Å². The topological polar surface area (TPSA) is 49.3 Å². The molecule has 0 aliphatic carbocycles. The fourth-order valence-electron chi connectivity index (χ4n) is 1.07. The molecule has 0 aliphatic rings. The van der Waals surface area contributed by atoms with Crippen molar-refractivity contribution in [2.75, 3.05) is 11.9 Å². The third kappa shape index (κ3) is 3.11. The van der Waals surface area contributed by atoms with Gasteiger partial charge in [0.05, 0.1) is 11.3 Å². The van der Waals surface area contributed by atoms with E-state index in [2.05, 4.69) is 0 Å². The molecule has 1 aromatic rings. The van der Waals surface area contributed by atoms with Gasteiger partial charge in [0.15, 0.2) is 0 Å². The number of halogens is 4. The molecule has 3 nitrogen and oxygen atoms in total. The molecule has 0 atom stereocenters. The van der Waals surface area contributed by atoms with E-state index >= 15 is 0 Å². The molecule has 2 N–H and O–H groups in total. The van der Waals surface area contributed by atoms with Gasteiger partial charge in [-0.05, 0) is 12.1 Å². The van der Waals surface area contributed by atoms with Gasteiger partial charge in [-0.3, -0.25) is 0 Å². The summed E-state index contributed by atoms with van der Waals surface area (Å²) < 4.78 is 48.7. The van der Waals surface area contributed by atoms with E-state index in [0.29, 0.717) is 0 Å². The maximum atomic E-state index is 13.1. The number of carboxylic acid groups (broad SMARTS) is 1. The molecule has 0 radical (unpaired) electrons. The molecule has 0 spiro atoms. The molecule has 0 amide bonds. The second kappa shape index (κ2) is 4.38. The van der Waals surface area contributed by atoms with Gasteiger partial charge >= 0.3 is 12.1 Å². The zero-order valence-electron chi connectivity index (χ0n) is 7.81. The molecular formula is C9H7F4NO2. The summed E-state index contributed by atoms with van der Waals surface area (Å²) in [6.45, 7) is -1.49. The van der Waals surface area contributed by atoms with Crippen molar-refractivity contribution < 1.29 is 27.5 Å². The van der Waals surface area contributed by atoms with Crippen LogP contribution in [-0.4, -0.2) is 23.8 Å². The van der Waals surface area contributed by atoms with Crippen LogP contribution in [0.15, 0.2) is 18.2 Å². The smallest absolute Gasteiger partial charge is 0.405 e. The summed E-state index contributed by atoms with van der Waals surface area (Å²) in [7, 11) is 0. The van der Waals surface area contributed by atoms with E-state index in [1.54, 1.807) is 5.32 Å². The van der Waals surface area contributed by atoms with Gasteiger partial charge in [-0.15, -0.1) is 0 Å². The van der Waals surface area contributed by atoms with E-state index in [-0.39, 0.29) is 0 Å². The Morgan fingerprint density at radius 3 is 2.50 bits per heavy atom. The Bertz CT molecular complexity index is 403. The molecule has 0 heterocycles. The second-order valence-corrected chi connectivity index (χ2v) is 2.94. The Balaban J connectivity index is 2.98. The lowest BCUT2D eigenvalue weighted by atomic mass is 10.1. The van der Waals surface area contributed by atoms with Crippen LogP contribution in [-0.2, 0) is 0 Å². The Kier molecular flexibility index (Phi) is 3.36. The van der Waals surface area contributed by atoms with Gasteiger partial charge in [-0.2, -0.15) is 13.2 Å². The minimum Gasteiger partial charge on any atom is -0.478 e. The van der Waals surface area contributed by atoms with Crippen LogP contribution in [0.1, 0.15) is 10.4 Å². The normalized spacial score (nSPS) is 11.2. The summed E-state index contributed by atoms with van der Waals surface area (Å²) in [6.07, 6.45) is -4.54. The molecule has 16 heavy (non-hydrogen) atoms. The summed E-state index contributed by atoms with van der Waals surface area (Å²) in [6, 6.07) is 3.01. The van der Waals surface area contributed by atoms with Crippen LogP contribution in [0.3, 0.4) is 0 Å². The van der Waals surface area contributed by atoms with Gasteiger partial charge < -0.3 is 10.4 Å². The highest BCUT2D eigenvalue weighted by Gasteiger charge is 2.28. The van der Waals surface area contributed by atoms with E-state index in [1.165, 1.54) is 0 Å². The summed E-state index contributed by atoms with van der Waals surface area (Å²) >= 11 is 0. The first-order valence-electron chi connectivity index (χ1n) is 4.13. The number of aromatic carboxylic acids is 1. The van der Waals surface area contributed by atoms with Gasteiger partial charge in [-0.1, -0.05) is 6.07 Å². The van der Waals surface area contributed by atoms with Crippen molar-refractivity contribution in [3.05, 3.63) is 29.6 Å². The lowest BCUT2D eigenvalue weighted by Crippen LogP contribution is -2.23. The standard InChI is InChI=1S/C9H7F4NO2/c10-6-3-1-2-5(8(15)16)7(6)14-4-9(11,12)13/h1-3,14H,4H2,(H,15,16). The highest BCUT2D eigenvalue weighted by Crippen LogP contribution is 2.22. The molecule has 7 heteroatoms. The maximum absolute atomic E-state index is 13.1. The number of hydrogen-bond donors (Lipinski definition) is 2. The summed E-state index contributed by atoms with van der Waals surface area (Å²) in [4.78, 5) is 10.6. The van der Waals surface area contributed by atoms with Crippen molar-refractivity contribution in [2.45, 2.75) is 6.18 Å². The number of hydrogen-bond acceptors (Lipinski definition) is 2. The van der Waals surface area contributed by atoms with Gasteiger partial charge in [0.2, 0.25) is 0 Å². The first kappa shape index (κ1) is 12.3. The summed E-state index contributed by atoms with van der Waals surface area (Å²) in [5, 5.41) is 10.4. The summed E-state index contributed by atoms with van der Waals surface area (Å²) in [5.41, 5.74) is -1.20. The molecule has 1 rings (SSSR count). The fourth-order valence-corrected chi connectivity index (χ4v) is 1.07. The van der Waals surface area contributed by atoms with Crippen LogP contribution < -0.4 is 5.32 Å². The van der Waals surface area contributed by atoms with Crippen LogP contribution in [0.5, 0.6) is 0 Å². The SMILES string of the molecule is O=C(O)c1cccc(F)c1NCC(F)(F)F. The number of carboxylic acids is 1. The molecule has 0 saturated heterocycles. The highest BCUT2D eigenvalue weighted by atomic mass is 19.4. The highest BCUT2D eigenvalue weighted by molar-refractivity contribution is 5.94. The monoisotopic (exact) mass is 237 g/mol. The second-order valence-electron chi connectivity index (χ2n) is 2.94. The number of para-hydroxylation sites is 1. The minimum absolute atomic E-state index is 0.538. The Hall–Kier alpha value is -1.79. The molecule has 0 unspecified atom stereocenters. The van der Waals surface area contributed by atoms with E-state index in [1.807, 2.05) is 0 Å². The van der Waals surface area contributed by atoms with E-state index in [4.69, 9.17) is 5.11 Å². The van der Waals surface area contributed by atoms with Crippen LogP contribution in [0.25, 0.3) is 0 Å². The van der Waals surface area contributed by atoms with Crippen molar-refractivity contribution in [3.63, 3.8) is 0 Å². The minimum atomic E-state index is -4.54. The van der Waals surface area contributed by atoms with Crippen molar-refractivity contribution in [3.8, 4) is 0 Å². The number of benzene rings is 1. The number of anilines is 1. The number of nitrogens with one attached hydrogen (secondary N) is 1. The third-order valence-corrected chi connectivity index (χ3v) is 1.71. The largest absolute Gasteiger partial charge is 0.478 e. The van der Waals surface area contributed by atoms with Crippen molar-refractivity contribution in [2.24, 2.45) is 0 Å². The van der Waals surface area contributed by atoms with Gasteiger partial charge in [0.1, 0.15) is 12.4 Å². The van der Waals surface area contributed by atoms with Crippen LogP contribution in [0.2, 0.25) is 0 Å². The lowest BCUT2D eigenvalue weighted by Gasteiger charge is -2.12. The van der Waals surface area contributed by atoms with E-state index in [0.717, 1.165) is 18.2 Å². The predicted octanol–water partition coefficient (Wildman–Crippen LogP) is 2.50. The fraction of sp³-hybridized carbons (Fsp3) is 0.222. The van der Waals surface area contributed by atoms with Crippen molar-refractivity contribution in [1.82, 2.24) is 0 Å². The average molecular weight is 237 g/mol. The number of carbonyl (C=O) groups is 1. The molecule has 0 bridgehead atoms. The zero-order valence-corrected chi connectivity index (χ0v) is 7.81. The molecule has 0 aliphatic heterocycles. The Labute approximate surface area is 87.7 Å². The Morgan fingerprint density at radius 1 is 1.38 bits per heavy atom. The van der Waals surface area contributed by atoms with Crippen LogP contribution in [0.4, 0.5) is 23.2 Å². The van der Waals surface area contributed by atoms with Crippen LogP contribution >= 0.6 is 0 Å².